The predicted octanol–water partition coefficient (Wildman–Crippen LogP) is 4.73. The highest BCUT2D eigenvalue weighted by atomic mass is 19.4. The van der Waals surface area contributed by atoms with E-state index in [1.807, 2.05) is 6.07 Å². The van der Waals surface area contributed by atoms with Crippen LogP contribution in [0.5, 0.6) is 0 Å². The van der Waals surface area contributed by atoms with Crippen molar-refractivity contribution in [3.8, 4) is 11.1 Å². The van der Waals surface area contributed by atoms with Crippen LogP contribution in [0.25, 0.3) is 16.8 Å². The van der Waals surface area contributed by atoms with Crippen LogP contribution in [-0.2, 0) is 12.7 Å². The van der Waals surface area contributed by atoms with E-state index in [0.29, 0.717) is 23.6 Å². The molecule has 4 rings (SSSR count). The molecule has 3 aromatic heterocycles. The molecule has 0 radical (unpaired) electrons. The molecule has 3 heterocycles. The molecule has 0 aliphatic carbocycles. The Labute approximate surface area is 158 Å². The van der Waals surface area contributed by atoms with E-state index in [1.165, 1.54) is 4.52 Å². The Morgan fingerprint density at radius 3 is 2.54 bits per heavy atom. The average Bonchev–Trinajstić information content (AvgIpc) is 3.07. The van der Waals surface area contributed by atoms with Gasteiger partial charge in [-0.15, -0.1) is 0 Å². The third-order valence-electron chi connectivity index (χ3n) is 4.24. The van der Waals surface area contributed by atoms with E-state index in [2.05, 4.69) is 20.4 Å². The first-order valence-corrected chi connectivity index (χ1v) is 8.59. The minimum absolute atomic E-state index is 0.0266. The fraction of sp³-hybridized carbons (Fsp3) is 0.150. The van der Waals surface area contributed by atoms with E-state index in [4.69, 9.17) is 0 Å². The van der Waals surface area contributed by atoms with Crippen molar-refractivity contribution in [1.29, 1.82) is 0 Å². The number of benzene rings is 1. The molecule has 0 amide bonds. The fourth-order valence-electron chi connectivity index (χ4n) is 3.03. The SMILES string of the molecule is Cc1cc(NCc2cccnc2)n2nc(C(F)(F)F)c(-c3ccccc3)c2n1. The standard InChI is InChI=1S/C20H16F3N5/c1-13-10-16(25-12-14-6-5-9-24-11-14)28-19(26-13)17(15-7-3-2-4-8-15)18(27-28)20(21,22)23/h2-11,25H,12H2,1H3. The summed E-state index contributed by atoms with van der Waals surface area (Å²) in [6.07, 6.45) is -1.25. The van der Waals surface area contributed by atoms with Gasteiger partial charge in [0.15, 0.2) is 11.3 Å². The Balaban J connectivity index is 1.88. The lowest BCUT2D eigenvalue weighted by Gasteiger charge is -2.09. The number of aryl methyl sites for hydroxylation is 1. The highest BCUT2D eigenvalue weighted by molar-refractivity contribution is 5.81. The van der Waals surface area contributed by atoms with E-state index in [-0.39, 0.29) is 11.2 Å². The molecular formula is C20H16F3N5. The van der Waals surface area contributed by atoms with Crippen molar-refractivity contribution in [2.75, 3.05) is 5.32 Å². The van der Waals surface area contributed by atoms with Crippen molar-refractivity contribution < 1.29 is 13.2 Å². The van der Waals surface area contributed by atoms with Crippen LogP contribution in [0.15, 0.2) is 60.9 Å². The molecule has 1 N–H and O–H groups in total. The van der Waals surface area contributed by atoms with Crippen LogP contribution in [0, 0.1) is 6.92 Å². The Morgan fingerprint density at radius 2 is 1.86 bits per heavy atom. The minimum atomic E-state index is -4.60. The second-order valence-electron chi connectivity index (χ2n) is 6.32. The van der Waals surface area contributed by atoms with E-state index >= 15 is 0 Å². The van der Waals surface area contributed by atoms with Gasteiger partial charge in [0.05, 0.1) is 5.56 Å². The number of hydrogen-bond acceptors (Lipinski definition) is 4. The summed E-state index contributed by atoms with van der Waals surface area (Å²) in [7, 11) is 0. The molecule has 4 aromatic rings. The molecule has 0 unspecified atom stereocenters. The number of halogens is 3. The molecular weight excluding hydrogens is 367 g/mol. The number of rotatable bonds is 4. The zero-order chi connectivity index (χ0) is 19.7. The normalized spacial score (nSPS) is 11.7. The molecule has 0 atom stereocenters. The van der Waals surface area contributed by atoms with Gasteiger partial charge in [0.1, 0.15) is 5.82 Å². The molecule has 1 aromatic carbocycles. The molecule has 0 aliphatic heterocycles. The van der Waals surface area contributed by atoms with Crippen molar-refractivity contribution in [2.45, 2.75) is 19.6 Å². The van der Waals surface area contributed by atoms with Crippen LogP contribution in [0.2, 0.25) is 0 Å². The van der Waals surface area contributed by atoms with Gasteiger partial charge in [-0.3, -0.25) is 4.98 Å². The number of hydrogen-bond donors (Lipinski definition) is 1. The zero-order valence-electron chi connectivity index (χ0n) is 14.9. The number of aromatic nitrogens is 4. The van der Waals surface area contributed by atoms with Gasteiger partial charge in [0.25, 0.3) is 0 Å². The Hall–Kier alpha value is -3.42. The Bertz CT molecular complexity index is 1110. The summed E-state index contributed by atoms with van der Waals surface area (Å²) in [6.45, 7) is 2.14. The summed E-state index contributed by atoms with van der Waals surface area (Å²) < 4.78 is 42.4. The summed E-state index contributed by atoms with van der Waals surface area (Å²) in [5.41, 5.74) is 1.08. The monoisotopic (exact) mass is 383 g/mol. The summed E-state index contributed by atoms with van der Waals surface area (Å²) in [5.74, 6) is 0.430. The number of fused-ring (bicyclic) bond motifs is 1. The summed E-state index contributed by atoms with van der Waals surface area (Å²) in [6, 6.07) is 13.7. The van der Waals surface area contributed by atoms with Gasteiger partial charge in [0, 0.05) is 30.7 Å². The van der Waals surface area contributed by atoms with Gasteiger partial charge in [0.2, 0.25) is 0 Å². The van der Waals surface area contributed by atoms with Crippen LogP contribution in [-0.4, -0.2) is 19.6 Å². The molecule has 142 valence electrons. The number of nitrogens with zero attached hydrogens (tertiary/aromatic N) is 4. The lowest BCUT2D eigenvalue weighted by Crippen LogP contribution is -2.09. The van der Waals surface area contributed by atoms with Crippen molar-refractivity contribution in [1.82, 2.24) is 19.6 Å². The molecule has 0 bridgehead atoms. The smallest absolute Gasteiger partial charge is 0.366 e. The first-order chi connectivity index (χ1) is 13.4. The Morgan fingerprint density at radius 1 is 1.07 bits per heavy atom. The van der Waals surface area contributed by atoms with Crippen molar-refractivity contribution in [2.24, 2.45) is 0 Å². The van der Waals surface area contributed by atoms with Crippen molar-refractivity contribution in [3.63, 3.8) is 0 Å². The molecule has 0 spiro atoms. The van der Waals surface area contributed by atoms with E-state index in [1.54, 1.807) is 61.8 Å². The average molecular weight is 383 g/mol. The van der Waals surface area contributed by atoms with Gasteiger partial charge < -0.3 is 5.32 Å². The maximum Gasteiger partial charge on any atom is 0.435 e. The van der Waals surface area contributed by atoms with Crippen LogP contribution in [0.1, 0.15) is 17.0 Å². The first kappa shape index (κ1) is 18.0. The molecule has 8 heteroatoms. The largest absolute Gasteiger partial charge is 0.435 e. The van der Waals surface area contributed by atoms with Gasteiger partial charge in [-0.05, 0) is 24.1 Å². The first-order valence-electron chi connectivity index (χ1n) is 8.59. The second kappa shape index (κ2) is 6.95. The van der Waals surface area contributed by atoms with E-state index in [9.17, 15) is 13.2 Å². The molecule has 5 nitrogen and oxygen atoms in total. The summed E-state index contributed by atoms with van der Waals surface area (Å²) in [5, 5.41) is 7.01. The molecule has 0 fully saturated rings. The van der Waals surface area contributed by atoms with Crippen LogP contribution in [0.3, 0.4) is 0 Å². The predicted molar refractivity (Wildman–Crippen MR) is 99.7 cm³/mol. The van der Waals surface area contributed by atoms with E-state index in [0.717, 1.165) is 5.56 Å². The van der Waals surface area contributed by atoms with Gasteiger partial charge >= 0.3 is 6.18 Å². The fourth-order valence-corrected chi connectivity index (χ4v) is 3.03. The quantitative estimate of drug-likeness (QED) is 0.554. The van der Waals surface area contributed by atoms with E-state index < -0.39 is 11.9 Å². The summed E-state index contributed by atoms with van der Waals surface area (Å²) >= 11 is 0. The van der Waals surface area contributed by atoms with Gasteiger partial charge in [-0.25, -0.2) is 4.98 Å². The molecule has 0 saturated heterocycles. The maximum absolute atomic E-state index is 13.7. The third-order valence-corrected chi connectivity index (χ3v) is 4.24. The van der Waals surface area contributed by atoms with Crippen molar-refractivity contribution in [3.05, 3.63) is 77.9 Å². The lowest BCUT2D eigenvalue weighted by atomic mass is 10.1. The molecule has 0 saturated carbocycles. The molecule has 0 aliphatic rings. The van der Waals surface area contributed by atoms with Gasteiger partial charge in [-0.1, -0.05) is 36.4 Å². The maximum atomic E-state index is 13.7. The second-order valence-corrected chi connectivity index (χ2v) is 6.32. The van der Waals surface area contributed by atoms with Crippen molar-refractivity contribution >= 4 is 11.5 Å². The Kier molecular flexibility index (Phi) is 4.46. The number of anilines is 1. The summed E-state index contributed by atoms with van der Waals surface area (Å²) in [4.78, 5) is 8.39. The molecule has 28 heavy (non-hydrogen) atoms. The highest BCUT2D eigenvalue weighted by Gasteiger charge is 2.39. The lowest BCUT2D eigenvalue weighted by molar-refractivity contribution is -0.140. The minimum Gasteiger partial charge on any atom is -0.366 e. The van der Waals surface area contributed by atoms with Crippen LogP contribution in [0.4, 0.5) is 19.0 Å². The number of nitrogens with one attached hydrogen (secondary N) is 1. The van der Waals surface area contributed by atoms with Crippen LogP contribution < -0.4 is 5.32 Å². The highest BCUT2D eigenvalue weighted by Crippen LogP contribution is 2.39. The number of pyridine rings is 1. The zero-order valence-corrected chi connectivity index (χ0v) is 14.9. The third kappa shape index (κ3) is 3.40. The number of alkyl halides is 3. The topological polar surface area (TPSA) is 55.1 Å². The van der Waals surface area contributed by atoms with Crippen LogP contribution >= 0.6 is 0 Å². The van der Waals surface area contributed by atoms with Gasteiger partial charge in [-0.2, -0.15) is 22.8 Å².